The van der Waals surface area contributed by atoms with E-state index in [1.807, 2.05) is 6.92 Å². The summed E-state index contributed by atoms with van der Waals surface area (Å²) in [5.74, 6) is 1.43. The number of aryl methyl sites for hydroxylation is 1. The fraction of sp³-hybridized carbons (Fsp3) is 0.625. The molecule has 19 heavy (non-hydrogen) atoms. The molecule has 1 aromatic carbocycles. The third-order valence-corrected chi connectivity index (χ3v) is 3.23. The zero-order valence-electron chi connectivity index (χ0n) is 12.6. The molecule has 1 atom stereocenters. The molecule has 0 heterocycles. The Morgan fingerprint density at radius 2 is 2.05 bits per heavy atom. The van der Waals surface area contributed by atoms with Crippen LogP contribution in [0.5, 0.6) is 5.75 Å². The largest absolute Gasteiger partial charge is 0.493 e. The van der Waals surface area contributed by atoms with E-state index in [4.69, 9.17) is 4.74 Å². The molecule has 0 spiro atoms. The van der Waals surface area contributed by atoms with Gasteiger partial charge in [-0.1, -0.05) is 32.9 Å². The number of aliphatic hydroxyl groups is 1. The molecule has 1 unspecified atom stereocenters. The Balaban J connectivity index is 2.59. The van der Waals surface area contributed by atoms with Crippen LogP contribution >= 0.6 is 0 Å². The van der Waals surface area contributed by atoms with E-state index in [1.54, 1.807) is 0 Å². The first-order valence-corrected chi connectivity index (χ1v) is 7.16. The topological polar surface area (TPSA) is 41.5 Å². The maximum absolute atomic E-state index is 9.22. The van der Waals surface area contributed by atoms with Crippen LogP contribution in [0.25, 0.3) is 0 Å². The van der Waals surface area contributed by atoms with Crippen molar-refractivity contribution in [2.24, 2.45) is 0 Å². The van der Waals surface area contributed by atoms with Gasteiger partial charge in [0.2, 0.25) is 0 Å². The van der Waals surface area contributed by atoms with Gasteiger partial charge in [0.1, 0.15) is 5.75 Å². The second-order valence-electron chi connectivity index (χ2n) is 5.27. The number of nitrogens with one attached hydrogen (secondary N) is 1. The lowest BCUT2D eigenvalue weighted by Crippen LogP contribution is -2.33. The van der Waals surface area contributed by atoms with Crippen molar-refractivity contribution in [1.82, 2.24) is 5.32 Å². The molecule has 2 N–H and O–H groups in total. The van der Waals surface area contributed by atoms with Gasteiger partial charge < -0.3 is 15.2 Å². The highest BCUT2D eigenvalue weighted by molar-refractivity contribution is 5.39. The van der Waals surface area contributed by atoms with Crippen LogP contribution in [0.4, 0.5) is 0 Å². The lowest BCUT2D eigenvalue weighted by atomic mass is 10.0. The predicted molar refractivity (Wildman–Crippen MR) is 79.9 cm³/mol. The van der Waals surface area contributed by atoms with Crippen LogP contribution in [0.15, 0.2) is 18.2 Å². The van der Waals surface area contributed by atoms with Crippen LogP contribution in [0, 0.1) is 6.92 Å². The molecule has 1 aromatic rings. The molecule has 0 radical (unpaired) electrons. The van der Waals surface area contributed by atoms with Crippen molar-refractivity contribution in [3.05, 3.63) is 29.3 Å². The van der Waals surface area contributed by atoms with E-state index in [0.717, 1.165) is 18.7 Å². The maximum atomic E-state index is 9.22. The molecule has 3 heteroatoms. The summed E-state index contributed by atoms with van der Waals surface area (Å²) < 4.78 is 5.91. The normalized spacial score (nSPS) is 12.7. The Hall–Kier alpha value is -1.06. The molecular weight excluding hydrogens is 238 g/mol. The second-order valence-corrected chi connectivity index (χ2v) is 5.27. The van der Waals surface area contributed by atoms with Crippen LogP contribution in [0.3, 0.4) is 0 Å². The average Bonchev–Trinajstić information content (AvgIpc) is 2.37. The monoisotopic (exact) mass is 265 g/mol. The van der Waals surface area contributed by atoms with Crippen molar-refractivity contribution < 1.29 is 9.84 Å². The van der Waals surface area contributed by atoms with Crippen LogP contribution in [-0.4, -0.2) is 30.9 Å². The van der Waals surface area contributed by atoms with E-state index in [-0.39, 0.29) is 12.6 Å². The number of rotatable bonds is 8. The molecule has 0 aliphatic heterocycles. The first kappa shape index (κ1) is 16.0. The minimum absolute atomic E-state index is 0.123. The number of hydrogen-bond acceptors (Lipinski definition) is 3. The van der Waals surface area contributed by atoms with Crippen LogP contribution in [-0.2, 0) is 0 Å². The minimum atomic E-state index is 0.123. The highest BCUT2D eigenvalue weighted by Crippen LogP contribution is 2.27. The van der Waals surface area contributed by atoms with Gasteiger partial charge in [-0.25, -0.2) is 0 Å². The van der Waals surface area contributed by atoms with Crippen molar-refractivity contribution >= 4 is 0 Å². The molecule has 0 saturated heterocycles. The summed E-state index contributed by atoms with van der Waals surface area (Å²) in [5.41, 5.74) is 2.46. The Labute approximate surface area is 117 Å². The summed E-state index contributed by atoms with van der Waals surface area (Å²) in [4.78, 5) is 0. The van der Waals surface area contributed by atoms with Gasteiger partial charge >= 0.3 is 0 Å². The lowest BCUT2D eigenvalue weighted by Gasteiger charge is -2.18. The number of benzene rings is 1. The highest BCUT2D eigenvalue weighted by atomic mass is 16.5. The molecule has 0 aromatic heterocycles. The second kappa shape index (κ2) is 8.18. The summed E-state index contributed by atoms with van der Waals surface area (Å²) in [5, 5.41) is 12.5. The van der Waals surface area contributed by atoms with Gasteiger partial charge in [0.15, 0.2) is 0 Å². The molecule has 3 nitrogen and oxygen atoms in total. The number of aliphatic hydroxyl groups excluding tert-OH is 1. The molecular formula is C16H27NO2. The van der Waals surface area contributed by atoms with E-state index in [1.165, 1.54) is 11.1 Å². The molecule has 0 bridgehead atoms. The van der Waals surface area contributed by atoms with Gasteiger partial charge in [0, 0.05) is 6.04 Å². The molecule has 1 rings (SSSR count). The Kier molecular flexibility index (Phi) is 6.89. The van der Waals surface area contributed by atoms with Crippen molar-refractivity contribution in [2.75, 3.05) is 19.8 Å². The molecule has 0 aliphatic rings. The summed E-state index contributed by atoms with van der Waals surface area (Å²) in [6.07, 6.45) is 0.815. The first-order valence-electron chi connectivity index (χ1n) is 7.16. The minimum Gasteiger partial charge on any atom is -0.493 e. The van der Waals surface area contributed by atoms with Gasteiger partial charge in [-0.05, 0) is 43.0 Å². The first-order chi connectivity index (χ1) is 9.08. The lowest BCUT2D eigenvalue weighted by molar-refractivity contribution is 0.209. The van der Waals surface area contributed by atoms with Crippen molar-refractivity contribution in [3.8, 4) is 5.75 Å². The quantitative estimate of drug-likeness (QED) is 0.759. The zero-order valence-corrected chi connectivity index (χ0v) is 12.6. The van der Waals surface area contributed by atoms with E-state index in [2.05, 4.69) is 44.3 Å². The van der Waals surface area contributed by atoms with E-state index in [9.17, 15) is 5.11 Å². The zero-order chi connectivity index (χ0) is 14.3. The van der Waals surface area contributed by atoms with Crippen molar-refractivity contribution in [2.45, 2.75) is 46.1 Å². The van der Waals surface area contributed by atoms with E-state index in [0.29, 0.717) is 12.5 Å². The third kappa shape index (κ3) is 5.21. The SMILES string of the molecule is CCNC(CO)CCOc1cc(C)ccc1C(C)C. The van der Waals surface area contributed by atoms with Crippen molar-refractivity contribution in [3.63, 3.8) is 0 Å². The summed E-state index contributed by atoms with van der Waals surface area (Å²) in [6, 6.07) is 6.48. The van der Waals surface area contributed by atoms with Crippen LogP contribution in [0.2, 0.25) is 0 Å². The van der Waals surface area contributed by atoms with Crippen LogP contribution in [0.1, 0.15) is 44.2 Å². The van der Waals surface area contributed by atoms with Gasteiger partial charge in [0.25, 0.3) is 0 Å². The van der Waals surface area contributed by atoms with E-state index < -0.39 is 0 Å². The molecule has 108 valence electrons. The predicted octanol–water partition coefficient (Wildman–Crippen LogP) is 2.86. The van der Waals surface area contributed by atoms with E-state index >= 15 is 0 Å². The molecule has 0 saturated carbocycles. The van der Waals surface area contributed by atoms with Crippen LogP contribution < -0.4 is 10.1 Å². The number of likely N-dealkylation sites (N-methyl/N-ethyl adjacent to an activating group) is 1. The van der Waals surface area contributed by atoms with Gasteiger partial charge in [-0.15, -0.1) is 0 Å². The Morgan fingerprint density at radius 3 is 2.63 bits per heavy atom. The fourth-order valence-corrected chi connectivity index (χ4v) is 2.10. The number of ether oxygens (including phenoxy) is 1. The molecule has 0 aliphatic carbocycles. The summed E-state index contributed by atoms with van der Waals surface area (Å²) in [6.45, 7) is 10.1. The standard InChI is InChI=1S/C16H27NO2/c1-5-17-14(11-18)8-9-19-16-10-13(4)6-7-15(16)12(2)3/h6-7,10,12,14,17-18H,5,8-9,11H2,1-4H3. The summed E-state index contributed by atoms with van der Waals surface area (Å²) in [7, 11) is 0. The van der Waals surface area contributed by atoms with Gasteiger partial charge in [-0.3, -0.25) is 0 Å². The van der Waals surface area contributed by atoms with Gasteiger partial charge in [-0.2, -0.15) is 0 Å². The average molecular weight is 265 g/mol. The third-order valence-electron chi connectivity index (χ3n) is 3.23. The highest BCUT2D eigenvalue weighted by Gasteiger charge is 2.10. The fourth-order valence-electron chi connectivity index (χ4n) is 2.10. The maximum Gasteiger partial charge on any atom is 0.123 e. The number of hydrogen-bond donors (Lipinski definition) is 2. The molecule has 0 amide bonds. The Morgan fingerprint density at radius 1 is 1.32 bits per heavy atom. The smallest absolute Gasteiger partial charge is 0.123 e. The summed E-state index contributed by atoms with van der Waals surface area (Å²) >= 11 is 0. The van der Waals surface area contributed by atoms with Gasteiger partial charge in [0.05, 0.1) is 13.2 Å². The van der Waals surface area contributed by atoms with Crippen molar-refractivity contribution in [1.29, 1.82) is 0 Å². The Bertz CT molecular complexity index is 377. The molecule has 0 fully saturated rings.